The van der Waals surface area contributed by atoms with Crippen LogP contribution in [0.25, 0.3) is 0 Å². The first-order valence-electron chi connectivity index (χ1n) is 4.58. The van der Waals surface area contributed by atoms with E-state index in [1.54, 1.807) is 0 Å². The number of hydrogen-bond donors (Lipinski definition) is 1. The number of carbonyl (C=O) groups is 1. The molecule has 0 aromatic heterocycles. The van der Waals surface area contributed by atoms with Crippen molar-refractivity contribution in [2.45, 2.75) is 19.8 Å². The van der Waals surface area contributed by atoms with E-state index in [0.717, 1.165) is 25.9 Å². The maximum Gasteiger partial charge on any atom is 0.309 e. The number of carbonyl (C=O) groups excluding carboxylic acids is 1. The van der Waals surface area contributed by atoms with E-state index in [0.29, 0.717) is 5.92 Å². The Balaban J connectivity index is 2.52. The number of ether oxygens (including phenoxy) is 1. The fourth-order valence-corrected chi connectivity index (χ4v) is 1.81. The quantitative estimate of drug-likeness (QED) is 0.624. The molecule has 0 aliphatic carbocycles. The van der Waals surface area contributed by atoms with Gasteiger partial charge in [0.15, 0.2) is 0 Å². The van der Waals surface area contributed by atoms with Gasteiger partial charge in [0.2, 0.25) is 0 Å². The fourth-order valence-electron chi connectivity index (χ4n) is 1.81. The molecule has 0 radical (unpaired) electrons. The Morgan fingerprint density at radius 1 is 1.67 bits per heavy atom. The Labute approximate surface area is 73.5 Å². The standard InChI is InChI=1S/C9H17NO2/c1-3-7-6-10-5-4-8(7)9(11)12-2/h7-8,10H,3-6H2,1-2H3. The van der Waals surface area contributed by atoms with E-state index in [4.69, 9.17) is 4.74 Å². The minimum Gasteiger partial charge on any atom is -0.469 e. The third-order valence-electron chi connectivity index (χ3n) is 2.64. The van der Waals surface area contributed by atoms with E-state index in [1.165, 1.54) is 7.11 Å². The van der Waals surface area contributed by atoms with Crippen molar-refractivity contribution in [1.29, 1.82) is 0 Å². The Kier molecular flexibility index (Phi) is 3.53. The number of esters is 1. The molecule has 1 rings (SSSR count). The molecule has 1 aliphatic rings. The highest BCUT2D eigenvalue weighted by Gasteiger charge is 2.29. The van der Waals surface area contributed by atoms with Gasteiger partial charge in [-0.3, -0.25) is 4.79 Å². The van der Waals surface area contributed by atoms with Gasteiger partial charge in [-0.15, -0.1) is 0 Å². The van der Waals surface area contributed by atoms with E-state index in [9.17, 15) is 4.79 Å². The molecule has 1 aliphatic heterocycles. The molecule has 3 heteroatoms. The van der Waals surface area contributed by atoms with E-state index in [1.807, 2.05) is 0 Å². The molecular weight excluding hydrogens is 154 g/mol. The topological polar surface area (TPSA) is 38.3 Å². The maximum atomic E-state index is 11.3. The summed E-state index contributed by atoms with van der Waals surface area (Å²) in [5.41, 5.74) is 0. The Morgan fingerprint density at radius 3 is 3.00 bits per heavy atom. The van der Waals surface area contributed by atoms with Crippen LogP contribution >= 0.6 is 0 Å². The highest BCUT2D eigenvalue weighted by atomic mass is 16.5. The molecule has 0 spiro atoms. The van der Waals surface area contributed by atoms with Gasteiger partial charge in [-0.1, -0.05) is 13.3 Å². The number of methoxy groups -OCH3 is 1. The smallest absolute Gasteiger partial charge is 0.309 e. The van der Waals surface area contributed by atoms with Crippen LogP contribution in [0, 0.1) is 11.8 Å². The zero-order valence-corrected chi connectivity index (χ0v) is 7.80. The summed E-state index contributed by atoms with van der Waals surface area (Å²) in [6.07, 6.45) is 1.97. The zero-order chi connectivity index (χ0) is 8.97. The number of rotatable bonds is 2. The number of hydrogen-bond acceptors (Lipinski definition) is 3. The average molecular weight is 171 g/mol. The molecule has 1 heterocycles. The second-order valence-electron chi connectivity index (χ2n) is 3.29. The van der Waals surface area contributed by atoms with Crippen molar-refractivity contribution in [3.05, 3.63) is 0 Å². The van der Waals surface area contributed by atoms with Crippen LogP contribution in [0.4, 0.5) is 0 Å². The molecular formula is C9H17NO2. The summed E-state index contributed by atoms with van der Waals surface area (Å²) in [7, 11) is 1.47. The minimum atomic E-state index is -0.0386. The predicted octanol–water partition coefficient (Wildman–Crippen LogP) is 0.795. The molecule has 1 saturated heterocycles. The summed E-state index contributed by atoms with van der Waals surface area (Å²) < 4.78 is 4.76. The van der Waals surface area contributed by atoms with Crippen molar-refractivity contribution in [3.8, 4) is 0 Å². The largest absolute Gasteiger partial charge is 0.469 e. The molecule has 2 unspecified atom stereocenters. The third-order valence-corrected chi connectivity index (χ3v) is 2.64. The van der Waals surface area contributed by atoms with Crippen molar-refractivity contribution in [3.63, 3.8) is 0 Å². The lowest BCUT2D eigenvalue weighted by Crippen LogP contribution is -2.40. The molecule has 0 saturated carbocycles. The van der Waals surface area contributed by atoms with E-state index in [-0.39, 0.29) is 11.9 Å². The van der Waals surface area contributed by atoms with Crippen LogP contribution in [0.5, 0.6) is 0 Å². The van der Waals surface area contributed by atoms with Crippen LogP contribution in [0.15, 0.2) is 0 Å². The Hall–Kier alpha value is -0.570. The molecule has 3 nitrogen and oxygen atoms in total. The molecule has 2 atom stereocenters. The van der Waals surface area contributed by atoms with Gasteiger partial charge in [-0.2, -0.15) is 0 Å². The monoisotopic (exact) mass is 171 g/mol. The van der Waals surface area contributed by atoms with Crippen LogP contribution in [-0.4, -0.2) is 26.2 Å². The summed E-state index contributed by atoms with van der Waals surface area (Å²) in [6.45, 7) is 4.01. The maximum absolute atomic E-state index is 11.3. The van der Waals surface area contributed by atoms with Crippen LogP contribution in [0.1, 0.15) is 19.8 Å². The first-order chi connectivity index (χ1) is 5.79. The van der Waals surface area contributed by atoms with E-state index >= 15 is 0 Å². The van der Waals surface area contributed by atoms with Gasteiger partial charge in [0.1, 0.15) is 0 Å². The molecule has 0 aromatic carbocycles. The van der Waals surface area contributed by atoms with Gasteiger partial charge in [-0.05, 0) is 25.4 Å². The van der Waals surface area contributed by atoms with Crippen molar-refractivity contribution in [2.24, 2.45) is 11.8 Å². The van der Waals surface area contributed by atoms with Gasteiger partial charge >= 0.3 is 5.97 Å². The highest BCUT2D eigenvalue weighted by molar-refractivity contribution is 5.72. The summed E-state index contributed by atoms with van der Waals surface area (Å²) in [6, 6.07) is 0. The van der Waals surface area contributed by atoms with E-state index < -0.39 is 0 Å². The molecule has 0 aromatic rings. The Morgan fingerprint density at radius 2 is 2.42 bits per heavy atom. The summed E-state index contributed by atoms with van der Waals surface area (Å²) in [4.78, 5) is 11.3. The lowest BCUT2D eigenvalue weighted by molar-refractivity contribution is -0.148. The summed E-state index contributed by atoms with van der Waals surface area (Å²) >= 11 is 0. The first-order valence-corrected chi connectivity index (χ1v) is 4.58. The van der Waals surface area contributed by atoms with Crippen molar-refractivity contribution in [2.75, 3.05) is 20.2 Å². The number of piperidine rings is 1. The lowest BCUT2D eigenvalue weighted by atomic mass is 9.85. The predicted molar refractivity (Wildman–Crippen MR) is 46.8 cm³/mol. The molecule has 1 fully saturated rings. The summed E-state index contributed by atoms with van der Waals surface area (Å²) in [5.74, 6) is 0.552. The second-order valence-corrected chi connectivity index (χ2v) is 3.29. The van der Waals surface area contributed by atoms with E-state index in [2.05, 4.69) is 12.2 Å². The van der Waals surface area contributed by atoms with Gasteiger partial charge in [0.05, 0.1) is 13.0 Å². The summed E-state index contributed by atoms with van der Waals surface area (Å²) in [5, 5.41) is 3.29. The normalized spacial score (nSPS) is 29.8. The second kappa shape index (κ2) is 4.45. The van der Waals surface area contributed by atoms with Crippen LogP contribution in [-0.2, 0) is 9.53 Å². The molecule has 1 N–H and O–H groups in total. The average Bonchev–Trinajstić information content (AvgIpc) is 2.16. The zero-order valence-electron chi connectivity index (χ0n) is 7.80. The van der Waals surface area contributed by atoms with Gasteiger partial charge < -0.3 is 10.1 Å². The van der Waals surface area contributed by atoms with Crippen molar-refractivity contribution < 1.29 is 9.53 Å². The van der Waals surface area contributed by atoms with Crippen molar-refractivity contribution >= 4 is 5.97 Å². The van der Waals surface area contributed by atoms with Crippen LogP contribution in [0.3, 0.4) is 0 Å². The molecule has 70 valence electrons. The molecule has 0 amide bonds. The SMILES string of the molecule is CCC1CNCCC1C(=O)OC. The lowest BCUT2D eigenvalue weighted by Gasteiger charge is -2.29. The van der Waals surface area contributed by atoms with Crippen LogP contribution < -0.4 is 5.32 Å². The van der Waals surface area contributed by atoms with Gasteiger partial charge in [0.25, 0.3) is 0 Å². The van der Waals surface area contributed by atoms with Gasteiger partial charge in [-0.25, -0.2) is 0 Å². The van der Waals surface area contributed by atoms with Gasteiger partial charge in [0, 0.05) is 0 Å². The van der Waals surface area contributed by atoms with Crippen molar-refractivity contribution in [1.82, 2.24) is 5.32 Å². The first kappa shape index (κ1) is 9.52. The molecule has 12 heavy (non-hydrogen) atoms. The Bertz CT molecular complexity index is 159. The molecule has 0 bridgehead atoms. The highest BCUT2D eigenvalue weighted by Crippen LogP contribution is 2.22. The minimum absolute atomic E-state index is 0.0386. The third kappa shape index (κ3) is 1.97. The number of nitrogens with one attached hydrogen (secondary N) is 1. The fraction of sp³-hybridized carbons (Fsp3) is 0.889. The van der Waals surface area contributed by atoms with Crippen LogP contribution in [0.2, 0.25) is 0 Å².